The number of esters is 1. The van der Waals surface area contributed by atoms with Gasteiger partial charge < -0.3 is 4.74 Å². The van der Waals surface area contributed by atoms with Crippen LogP contribution in [0.25, 0.3) is 0 Å². The molecule has 0 aliphatic carbocycles. The van der Waals surface area contributed by atoms with Crippen molar-refractivity contribution >= 4 is 30.0 Å². The highest BCUT2D eigenvalue weighted by atomic mass is 35.5. The van der Waals surface area contributed by atoms with Gasteiger partial charge in [-0.3, -0.25) is 4.90 Å². The Labute approximate surface area is 190 Å². The molecule has 158 valence electrons. The number of ether oxygens (including phenoxy) is 1. The van der Waals surface area contributed by atoms with E-state index in [4.69, 9.17) is 16.3 Å². The first-order valence-electron chi connectivity index (χ1n) is 9.73. The van der Waals surface area contributed by atoms with Gasteiger partial charge in [0.2, 0.25) is 0 Å². The molecule has 0 aliphatic rings. The number of nitrogens with zero attached hydrogens (tertiary/aromatic N) is 1. The average Bonchev–Trinajstić information content (AvgIpc) is 2.71. The molecule has 1 unspecified atom stereocenters. The molecule has 0 aliphatic heterocycles. The number of carbonyl (C=O) groups is 1. The van der Waals surface area contributed by atoms with Crippen molar-refractivity contribution in [1.82, 2.24) is 4.90 Å². The number of hydrogen-bond acceptors (Lipinski definition) is 3. The lowest BCUT2D eigenvalue weighted by Crippen LogP contribution is -2.36. The van der Waals surface area contributed by atoms with Crippen molar-refractivity contribution in [2.75, 3.05) is 0 Å². The van der Waals surface area contributed by atoms with Gasteiger partial charge in [0.1, 0.15) is 0 Å². The van der Waals surface area contributed by atoms with Crippen LogP contribution in [0.5, 0.6) is 0 Å². The number of benzene rings is 3. The summed E-state index contributed by atoms with van der Waals surface area (Å²) >= 11 is 5.92. The van der Waals surface area contributed by atoms with Crippen LogP contribution in [0, 0.1) is 13.8 Å². The Balaban J connectivity index is 0.00000320. The van der Waals surface area contributed by atoms with Crippen LogP contribution in [0.2, 0.25) is 5.02 Å². The summed E-state index contributed by atoms with van der Waals surface area (Å²) in [6.07, 6.45) is -0.391. The molecule has 5 heteroatoms. The maximum Gasteiger partial charge on any atom is 0.339 e. The Kier molecular flexibility index (Phi) is 8.91. The molecule has 0 fully saturated rings. The standard InChI is InChI=1S/C25H26ClNO2.ClH/c1-18-8-4-6-10-22(18)16-27(17-23-11-7-5-9-19(23)2)20(3)29-25(28)21-12-14-24(26)15-13-21;/h4-15,20H,16-17H2,1-3H3;1H. The summed E-state index contributed by atoms with van der Waals surface area (Å²) in [5, 5.41) is 0.593. The maximum atomic E-state index is 12.6. The first kappa shape index (κ1) is 23.9. The van der Waals surface area contributed by atoms with Gasteiger partial charge in [-0.05, 0) is 67.3 Å². The van der Waals surface area contributed by atoms with Crippen LogP contribution in [0.15, 0.2) is 72.8 Å². The van der Waals surface area contributed by atoms with E-state index in [9.17, 15) is 4.79 Å². The van der Waals surface area contributed by atoms with E-state index >= 15 is 0 Å². The average molecular weight is 444 g/mol. The lowest BCUT2D eigenvalue weighted by atomic mass is 10.1. The predicted molar refractivity (Wildman–Crippen MR) is 125 cm³/mol. The Bertz CT molecular complexity index is 925. The van der Waals surface area contributed by atoms with E-state index in [0.29, 0.717) is 23.7 Å². The third kappa shape index (κ3) is 6.33. The van der Waals surface area contributed by atoms with Gasteiger partial charge in [0.05, 0.1) is 5.56 Å². The fraction of sp³-hybridized carbons (Fsp3) is 0.240. The van der Waals surface area contributed by atoms with Gasteiger partial charge in [-0.15, -0.1) is 12.4 Å². The normalized spacial score (nSPS) is 11.6. The molecule has 0 aromatic heterocycles. The zero-order valence-corrected chi connectivity index (χ0v) is 19.0. The Hall–Kier alpha value is -2.33. The molecule has 0 bridgehead atoms. The van der Waals surface area contributed by atoms with Gasteiger partial charge in [-0.1, -0.05) is 60.1 Å². The maximum absolute atomic E-state index is 12.6. The summed E-state index contributed by atoms with van der Waals surface area (Å²) in [5.41, 5.74) is 5.37. The van der Waals surface area contributed by atoms with Crippen molar-refractivity contribution in [3.8, 4) is 0 Å². The lowest BCUT2D eigenvalue weighted by Gasteiger charge is -2.30. The molecule has 30 heavy (non-hydrogen) atoms. The van der Waals surface area contributed by atoms with Gasteiger partial charge in [0.25, 0.3) is 0 Å². The second-order valence-corrected chi connectivity index (χ2v) is 7.71. The van der Waals surface area contributed by atoms with Crippen molar-refractivity contribution in [3.63, 3.8) is 0 Å². The molecule has 0 spiro atoms. The largest absolute Gasteiger partial charge is 0.443 e. The van der Waals surface area contributed by atoms with E-state index in [-0.39, 0.29) is 18.4 Å². The van der Waals surface area contributed by atoms with Crippen molar-refractivity contribution < 1.29 is 9.53 Å². The highest BCUT2D eigenvalue weighted by Crippen LogP contribution is 2.20. The highest BCUT2D eigenvalue weighted by Gasteiger charge is 2.21. The number of rotatable bonds is 7. The van der Waals surface area contributed by atoms with Gasteiger partial charge in [0, 0.05) is 18.1 Å². The number of aryl methyl sites for hydroxylation is 2. The van der Waals surface area contributed by atoms with E-state index in [1.807, 2.05) is 31.2 Å². The summed E-state index contributed by atoms with van der Waals surface area (Å²) in [4.78, 5) is 14.8. The van der Waals surface area contributed by atoms with Crippen LogP contribution in [0.4, 0.5) is 0 Å². The monoisotopic (exact) mass is 443 g/mol. The molecular formula is C25H27Cl2NO2. The molecule has 0 radical (unpaired) electrons. The summed E-state index contributed by atoms with van der Waals surface area (Å²) in [7, 11) is 0. The number of carbonyl (C=O) groups excluding carboxylic acids is 1. The van der Waals surface area contributed by atoms with E-state index in [1.54, 1.807) is 24.3 Å². The van der Waals surface area contributed by atoms with Crippen LogP contribution in [-0.4, -0.2) is 17.1 Å². The molecule has 3 nitrogen and oxygen atoms in total. The fourth-order valence-electron chi connectivity index (χ4n) is 3.21. The summed E-state index contributed by atoms with van der Waals surface area (Å²) < 4.78 is 5.81. The number of hydrogen-bond donors (Lipinski definition) is 0. The highest BCUT2D eigenvalue weighted by molar-refractivity contribution is 6.30. The third-order valence-corrected chi connectivity index (χ3v) is 5.39. The summed E-state index contributed by atoms with van der Waals surface area (Å²) in [6.45, 7) is 7.51. The van der Waals surface area contributed by atoms with E-state index in [0.717, 1.165) is 0 Å². The Morgan fingerprint density at radius 1 is 0.867 bits per heavy atom. The van der Waals surface area contributed by atoms with E-state index < -0.39 is 6.23 Å². The first-order valence-corrected chi connectivity index (χ1v) is 10.1. The minimum absolute atomic E-state index is 0. The molecule has 1 atom stereocenters. The second kappa shape index (κ2) is 11.2. The van der Waals surface area contributed by atoms with Gasteiger partial charge in [0.15, 0.2) is 6.23 Å². The van der Waals surface area contributed by atoms with Crippen molar-refractivity contribution in [1.29, 1.82) is 0 Å². The molecule has 0 saturated heterocycles. The van der Waals surface area contributed by atoms with Gasteiger partial charge in [-0.25, -0.2) is 4.79 Å². The van der Waals surface area contributed by atoms with Crippen LogP contribution in [0.1, 0.15) is 39.5 Å². The fourth-order valence-corrected chi connectivity index (χ4v) is 3.34. The number of halogens is 2. The minimum atomic E-state index is -0.391. The minimum Gasteiger partial charge on any atom is -0.443 e. The zero-order valence-electron chi connectivity index (χ0n) is 17.5. The van der Waals surface area contributed by atoms with E-state index in [2.05, 4.69) is 43.0 Å². The summed E-state index contributed by atoms with van der Waals surface area (Å²) in [5.74, 6) is -0.353. The van der Waals surface area contributed by atoms with Crippen molar-refractivity contribution in [2.45, 2.75) is 40.1 Å². The molecule has 0 saturated carbocycles. The topological polar surface area (TPSA) is 29.5 Å². The molecule has 3 aromatic carbocycles. The molecule has 0 heterocycles. The van der Waals surface area contributed by atoms with Crippen molar-refractivity contribution in [3.05, 3.63) is 106 Å². The molecular weight excluding hydrogens is 417 g/mol. The third-order valence-electron chi connectivity index (χ3n) is 5.14. The van der Waals surface area contributed by atoms with Crippen LogP contribution in [0.3, 0.4) is 0 Å². The Morgan fingerprint density at radius 3 is 1.80 bits per heavy atom. The molecule has 3 aromatic rings. The van der Waals surface area contributed by atoms with Crippen LogP contribution >= 0.6 is 24.0 Å². The first-order chi connectivity index (χ1) is 13.9. The summed E-state index contributed by atoms with van der Waals surface area (Å²) in [6, 6.07) is 23.4. The Morgan fingerprint density at radius 2 is 1.33 bits per heavy atom. The molecule has 0 N–H and O–H groups in total. The predicted octanol–water partition coefficient (Wildman–Crippen LogP) is 6.58. The second-order valence-electron chi connectivity index (χ2n) is 7.27. The molecule has 0 amide bonds. The molecule has 3 rings (SSSR count). The van der Waals surface area contributed by atoms with Gasteiger partial charge >= 0.3 is 5.97 Å². The lowest BCUT2D eigenvalue weighted by molar-refractivity contribution is -0.0309. The smallest absolute Gasteiger partial charge is 0.339 e. The zero-order chi connectivity index (χ0) is 20.8. The van der Waals surface area contributed by atoms with Crippen LogP contribution in [-0.2, 0) is 17.8 Å². The quantitative estimate of drug-likeness (QED) is 0.304. The van der Waals surface area contributed by atoms with E-state index in [1.165, 1.54) is 22.3 Å². The van der Waals surface area contributed by atoms with Crippen LogP contribution < -0.4 is 0 Å². The van der Waals surface area contributed by atoms with Gasteiger partial charge in [-0.2, -0.15) is 0 Å². The van der Waals surface area contributed by atoms with Crippen molar-refractivity contribution in [2.24, 2.45) is 0 Å². The SMILES string of the molecule is Cc1ccccc1CN(Cc1ccccc1C)C(C)OC(=O)c1ccc(Cl)cc1.Cl.